The molecule has 0 saturated carbocycles. The van der Waals surface area contributed by atoms with Crippen LogP contribution >= 0.6 is 0 Å². The maximum atomic E-state index is 11.8. The Kier molecular flexibility index (Phi) is 5.33. The number of methoxy groups -OCH3 is 2. The van der Waals surface area contributed by atoms with E-state index in [9.17, 15) is 19.7 Å². The van der Waals surface area contributed by atoms with E-state index in [4.69, 9.17) is 4.74 Å². The van der Waals surface area contributed by atoms with Crippen molar-refractivity contribution in [2.45, 2.75) is 6.92 Å². The number of hydrogen-bond acceptors (Lipinski definition) is 7. The number of carbonyl (C=O) groups is 2. The van der Waals surface area contributed by atoms with Crippen LogP contribution in [-0.2, 0) is 9.47 Å². The van der Waals surface area contributed by atoms with Crippen molar-refractivity contribution in [2.24, 2.45) is 0 Å². The van der Waals surface area contributed by atoms with Gasteiger partial charge in [0.2, 0.25) is 0 Å². The van der Waals surface area contributed by atoms with Crippen LogP contribution < -0.4 is 5.32 Å². The summed E-state index contributed by atoms with van der Waals surface area (Å²) in [6.45, 7) is 1.46. The molecule has 0 bridgehead atoms. The van der Waals surface area contributed by atoms with Crippen molar-refractivity contribution in [3.05, 3.63) is 63.2 Å². The Bertz CT molecular complexity index is 847. The first-order valence-corrected chi connectivity index (χ1v) is 7.21. The van der Waals surface area contributed by atoms with Gasteiger partial charge in [-0.2, -0.15) is 0 Å². The number of nitrogens with zero attached hydrogens (tertiary/aromatic N) is 1. The molecule has 8 heteroatoms. The van der Waals surface area contributed by atoms with Crippen LogP contribution in [0.5, 0.6) is 0 Å². The Morgan fingerprint density at radius 3 is 2.16 bits per heavy atom. The third kappa shape index (κ3) is 3.57. The van der Waals surface area contributed by atoms with Crippen LogP contribution in [-0.4, -0.2) is 31.1 Å². The molecule has 1 N–H and O–H groups in total. The van der Waals surface area contributed by atoms with Crippen LogP contribution in [0.2, 0.25) is 0 Å². The summed E-state index contributed by atoms with van der Waals surface area (Å²) in [6, 6.07) is 9.28. The number of ether oxygens (including phenoxy) is 2. The molecule has 0 fully saturated rings. The van der Waals surface area contributed by atoms with Crippen molar-refractivity contribution in [1.29, 1.82) is 0 Å². The number of rotatable bonds is 5. The first kappa shape index (κ1) is 17.9. The zero-order valence-electron chi connectivity index (χ0n) is 13.9. The summed E-state index contributed by atoms with van der Waals surface area (Å²) in [5.41, 5.74) is 0.712. The highest BCUT2D eigenvalue weighted by molar-refractivity contribution is 5.98. The van der Waals surface area contributed by atoms with Gasteiger partial charge in [-0.25, -0.2) is 9.59 Å². The van der Waals surface area contributed by atoms with E-state index >= 15 is 0 Å². The molecular weight excluding hydrogens is 328 g/mol. The van der Waals surface area contributed by atoms with Gasteiger partial charge in [-0.05, 0) is 31.2 Å². The molecule has 0 aliphatic carbocycles. The molecule has 0 atom stereocenters. The predicted molar refractivity (Wildman–Crippen MR) is 90.2 cm³/mol. The van der Waals surface area contributed by atoms with Gasteiger partial charge in [-0.1, -0.05) is 12.1 Å². The molecule has 0 aliphatic rings. The molecule has 0 radical (unpaired) electrons. The number of nitro groups is 1. The Balaban J connectivity index is 2.55. The van der Waals surface area contributed by atoms with Crippen molar-refractivity contribution >= 4 is 29.0 Å². The van der Waals surface area contributed by atoms with E-state index < -0.39 is 16.9 Å². The van der Waals surface area contributed by atoms with Gasteiger partial charge < -0.3 is 14.8 Å². The van der Waals surface area contributed by atoms with Gasteiger partial charge in [0.1, 0.15) is 5.69 Å². The van der Waals surface area contributed by atoms with Crippen molar-refractivity contribution < 1.29 is 24.0 Å². The third-order valence-corrected chi connectivity index (χ3v) is 3.62. The molecule has 130 valence electrons. The molecule has 2 aromatic carbocycles. The summed E-state index contributed by atoms with van der Waals surface area (Å²) in [7, 11) is 2.45. The number of esters is 2. The number of benzene rings is 2. The van der Waals surface area contributed by atoms with Crippen molar-refractivity contribution in [1.82, 2.24) is 0 Å². The summed E-state index contributed by atoms with van der Waals surface area (Å²) in [4.78, 5) is 34.5. The second-order valence-electron chi connectivity index (χ2n) is 5.05. The van der Waals surface area contributed by atoms with Crippen LogP contribution in [0.3, 0.4) is 0 Å². The minimum absolute atomic E-state index is 0.0982. The average molecular weight is 344 g/mol. The lowest BCUT2D eigenvalue weighted by Gasteiger charge is -2.13. The van der Waals surface area contributed by atoms with Crippen LogP contribution in [0.1, 0.15) is 26.3 Å². The van der Waals surface area contributed by atoms with Crippen molar-refractivity contribution in [3.63, 3.8) is 0 Å². The van der Waals surface area contributed by atoms with Gasteiger partial charge in [0.05, 0.1) is 36.0 Å². The SMILES string of the molecule is COC(=O)c1ccccc1Nc1ccc(C(=O)OC)c(C)c1[N+](=O)[O-]. The summed E-state index contributed by atoms with van der Waals surface area (Å²) in [5, 5.41) is 14.4. The fourth-order valence-electron chi connectivity index (χ4n) is 2.39. The second kappa shape index (κ2) is 7.43. The zero-order valence-corrected chi connectivity index (χ0v) is 13.9. The highest BCUT2D eigenvalue weighted by Gasteiger charge is 2.24. The largest absolute Gasteiger partial charge is 0.465 e. The number of anilines is 2. The van der Waals surface area contributed by atoms with Crippen molar-refractivity contribution in [2.75, 3.05) is 19.5 Å². The second-order valence-corrected chi connectivity index (χ2v) is 5.05. The number of hydrogen-bond donors (Lipinski definition) is 1. The number of carbonyl (C=O) groups excluding carboxylic acids is 2. The number of nitro benzene ring substituents is 1. The molecule has 2 aromatic rings. The first-order valence-electron chi connectivity index (χ1n) is 7.21. The molecule has 0 amide bonds. The van der Waals surface area contributed by atoms with Crippen LogP contribution in [0, 0.1) is 17.0 Å². The van der Waals surface area contributed by atoms with E-state index in [0.29, 0.717) is 5.69 Å². The van der Waals surface area contributed by atoms with Gasteiger partial charge in [-0.15, -0.1) is 0 Å². The van der Waals surface area contributed by atoms with Crippen molar-refractivity contribution in [3.8, 4) is 0 Å². The zero-order chi connectivity index (χ0) is 18.6. The first-order chi connectivity index (χ1) is 11.9. The van der Waals surface area contributed by atoms with Crippen LogP contribution in [0.25, 0.3) is 0 Å². The van der Waals surface area contributed by atoms with Gasteiger partial charge in [-0.3, -0.25) is 10.1 Å². The highest BCUT2D eigenvalue weighted by atomic mass is 16.6. The molecule has 0 spiro atoms. The summed E-state index contributed by atoms with van der Waals surface area (Å²) in [5.74, 6) is -1.24. The van der Waals surface area contributed by atoms with Crippen LogP contribution in [0.15, 0.2) is 36.4 Å². The van der Waals surface area contributed by atoms with Crippen LogP contribution in [0.4, 0.5) is 17.1 Å². The Morgan fingerprint density at radius 2 is 1.56 bits per heavy atom. The van der Waals surface area contributed by atoms with Gasteiger partial charge >= 0.3 is 11.9 Å². The lowest BCUT2D eigenvalue weighted by Crippen LogP contribution is -2.09. The van der Waals surface area contributed by atoms with E-state index in [1.54, 1.807) is 18.2 Å². The molecule has 0 aliphatic heterocycles. The number of para-hydroxylation sites is 1. The minimum atomic E-state index is -0.665. The Hall–Kier alpha value is -3.42. The molecule has 0 unspecified atom stereocenters. The topological polar surface area (TPSA) is 108 Å². The van der Waals surface area contributed by atoms with Gasteiger partial charge in [0, 0.05) is 5.56 Å². The summed E-state index contributed by atoms with van der Waals surface area (Å²) < 4.78 is 9.34. The fourth-order valence-corrected chi connectivity index (χ4v) is 2.39. The quantitative estimate of drug-likeness (QED) is 0.504. The van der Waals surface area contributed by atoms with Gasteiger partial charge in [0.25, 0.3) is 5.69 Å². The molecule has 0 saturated heterocycles. The van der Waals surface area contributed by atoms with E-state index in [-0.39, 0.29) is 28.1 Å². The molecule has 0 aromatic heterocycles. The average Bonchev–Trinajstić information content (AvgIpc) is 2.60. The summed E-state index contributed by atoms with van der Waals surface area (Å²) >= 11 is 0. The Labute approximate surface area is 143 Å². The smallest absolute Gasteiger partial charge is 0.339 e. The number of nitrogens with one attached hydrogen (secondary N) is 1. The Morgan fingerprint density at radius 1 is 0.960 bits per heavy atom. The third-order valence-electron chi connectivity index (χ3n) is 3.62. The molecule has 0 heterocycles. The summed E-state index contributed by atoms with van der Waals surface area (Å²) in [6.07, 6.45) is 0. The van der Waals surface area contributed by atoms with E-state index in [0.717, 1.165) is 0 Å². The maximum Gasteiger partial charge on any atom is 0.339 e. The molecular formula is C17H16N2O6. The van der Waals surface area contributed by atoms with E-state index in [1.165, 1.54) is 39.3 Å². The molecule has 2 rings (SSSR count). The monoisotopic (exact) mass is 344 g/mol. The highest BCUT2D eigenvalue weighted by Crippen LogP contribution is 2.34. The van der Waals surface area contributed by atoms with E-state index in [1.807, 2.05) is 0 Å². The predicted octanol–water partition coefficient (Wildman–Crippen LogP) is 3.22. The van der Waals surface area contributed by atoms with Gasteiger partial charge in [0.15, 0.2) is 0 Å². The fraction of sp³-hybridized carbons (Fsp3) is 0.176. The minimum Gasteiger partial charge on any atom is -0.465 e. The lowest BCUT2D eigenvalue weighted by molar-refractivity contribution is -0.384. The van der Waals surface area contributed by atoms with E-state index in [2.05, 4.69) is 10.1 Å². The standard InChI is InChI=1S/C17H16N2O6/c1-10-11(16(20)24-2)8-9-14(15(10)19(22)23)18-13-7-5-4-6-12(13)17(21)25-3/h4-9,18H,1-3H3. The molecule has 25 heavy (non-hydrogen) atoms. The maximum absolute atomic E-state index is 11.8. The normalized spacial score (nSPS) is 10.0. The molecule has 8 nitrogen and oxygen atoms in total. The lowest BCUT2D eigenvalue weighted by atomic mass is 10.0.